The van der Waals surface area contributed by atoms with Crippen molar-refractivity contribution >= 4 is 27.6 Å². The van der Waals surface area contributed by atoms with Crippen molar-refractivity contribution in [2.45, 2.75) is 83.5 Å². The van der Waals surface area contributed by atoms with Crippen molar-refractivity contribution in [1.29, 1.82) is 0 Å². The van der Waals surface area contributed by atoms with Gasteiger partial charge in [-0.25, -0.2) is 14.8 Å². The fourth-order valence-electron chi connectivity index (χ4n) is 4.18. The Balaban J connectivity index is 1.39. The van der Waals surface area contributed by atoms with E-state index in [1.807, 2.05) is 27.8 Å². The molecule has 0 unspecified atom stereocenters. The molecule has 4 rings (SSSR count). The highest BCUT2D eigenvalue weighted by molar-refractivity contribution is 7.18. The minimum atomic E-state index is -0.467. The molecule has 1 fully saturated rings. The van der Waals surface area contributed by atoms with Crippen LogP contribution in [0.4, 0.5) is 4.79 Å². The first kappa shape index (κ1) is 19.4. The number of rotatable bonds is 3. The molecule has 152 valence electrons. The Kier molecular flexibility index (Phi) is 5.21. The van der Waals surface area contributed by atoms with Crippen LogP contribution in [-0.4, -0.2) is 45.8 Å². The van der Waals surface area contributed by atoms with E-state index in [2.05, 4.69) is 9.97 Å². The van der Waals surface area contributed by atoms with E-state index >= 15 is 0 Å². The number of hydrogen-bond acceptors (Lipinski definition) is 6. The summed E-state index contributed by atoms with van der Waals surface area (Å²) in [6.07, 6.45) is 8.63. The maximum atomic E-state index is 12.3. The number of fused-ring (bicyclic) bond motifs is 3. The van der Waals surface area contributed by atoms with Crippen LogP contribution in [-0.2, 0) is 17.6 Å². The smallest absolute Gasteiger partial charge is 0.410 e. The van der Waals surface area contributed by atoms with Crippen LogP contribution in [0.25, 0.3) is 10.2 Å². The van der Waals surface area contributed by atoms with Gasteiger partial charge in [0.25, 0.3) is 0 Å². The molecule has 28 heavy (non-hydrogen) atoms. The Labute approximate surface area is 170 Å². The average Bonchev–Trinajstić information content (AvgIpc) is 3.21. The summed E-state index contributed by atoms with van der Waals surface area (Å²) in [7, 11) is 1.84. The molecule has 0 radical (unpaired) electrons. The van der Waals surface area contributed by atoms with Gasteiger partial charge in [-0.05, 0) is 71.3 Å². The zero-order valence-corrected chi connectivity index (χ0v) is 18.0. The highest BCUT2D eigenvalue weighted by Gasteiger charge is 2.31. The number of nitrogens with zero attached hydrogens (tertiary/aromatic N) is 3. The van der Waals surface area contributed by atoms with Crippen LogP contribution in [0.3, 0.4) is 0 Å². The number of amides is 1. The third kappa shape index (κ3) is 3.95. The summed E-state index contributed by atoms with van der Waals surface area (Å²) < 4.78 is 11.8. The molecule has 7 heteroatoms. The van der Waals surface area contributed by atoms with E-state index in [9.17, 15) is 4.79 Å². The lowest BCUT2D eigenvalue weighted by Crippen LogP contribution is -2.43. The maximum Gasteiger partial charge on any atom is 0.410 e. The van der Waals surface area contributed by atoms with Crippen molar-refractivity contribution in [1.82, 2.24) is 14.9 Å². The van der Waals surface area contributed by atoms with Gasteiger partial charge in [0.05, 0.1) is 5.39 Å². The summed E-state index contributed by atoms with van der Waals surface area (Å²) in [5.74, 6) is 0.744. The SMILES string of the molecule is CN(C(=O)OC(C)(C)C)[C@H]1CC[C@H](Oc2ncnc3sc4c(c23)CCC4)CC1. The van der Waals surface area contributed by atoms with Gasteiger partial charge in [0.2, 0.25) is 5.88 Å². The predicted octanol–water partition coefficient (Wildman–Crippen LogP) is 4.74. The number of hydrogen-bond donors (Lipinski definition) is 0. The highest BCUT2D eigenvalue weighted by Crippen LogP contribution is 2.40. The fraction of sp³-hybridized carbons (Fsp3) is 0.667. The van der Waals surface area contributed by atoms with Gasteiger partial charge >= 0.3 is 6.09 Å². The van der Waals surface area contributed by atoms with Crippen LogP contribution in [0.15, 0.2) is 6.33 Å². The van der Waals surface area contributed by atoms with Gasteiger partial charge in [-0.3, -0.25) is 0 Å². The average molecular weight is 404 g/mol. The second-order valence-corrected chi connectivity index (χ2v) is 9.94. The van der Waals surface area contributed by atoms with E-state index in [0.29, 0.717) is 0 Å². The van der Waals surface area contributed by atoms with E-state index in [1.54, 1.807) is 22.6 Å². The molecule has 1 saturated carbocycles. The first-order chi connectivity index (χ1) is 13.3. The minimum absolute atomic E-state index is 0.137. The number of thiophene rings is 1. The number of carbonyl (C=O) groups is 1. The summed E-state index contributed by atoms with van der Waals surface area (Å²) in [5, 5.41) is 1.13. The molecule has 2 aromatic heterocycles. The van der Waals surface area contributed by atoms with Gasteiger partial charge in [-0.15, -0.1) is 11.3 Å². The molecule has 0 N–H and O–H groups in total. The Hall–Kier alpha value is -1.89. The molecule has 2 aromatic rings. The first-order valence-corrected chi connectivity index (χ1v) is 11.0. The van der Waals surface area contributed by atoms with Crippen molar-refractivity contribution in [3.63, 3.8) is 0 Å². The normalized spacial score (nSPS) is 22.1. The van der Waals surface area contributed by atoms with Crippen LogP contribution < -0.4 is 4.74 Å². The molecule has 2 aliphatic rings. The third-order valence-corrected chi connectivity index (χ3v) is 6.82. The molecule has 6 nitrogen and oxygen atoms in total. The van der Waals surface area contributed by atoms with Crippen molar-refractivity contribution in [2.75, 3.05) is 7.05 Å². The van der Waals surface area contributed by atoms with Gasteiger partial charge in [0.15, 0.2) is 0 Å². The topological polar surface area (TPSA) is 64.6 Å². The molecule has 0 spiro atoms. The number of carbonyl (C=O) groups excluding carboxylic acids is 1. The summed E-state index contributed by atoms with van der Waals surface area (Å²) in [5.41, 5.74) is 0.930. The van der Waals surface area contributed by atoms with Crippen LogP contribution in [0.1, 0.15) is 63.3 Å². The van der Waals surface area contributed by atoms with Crippen LogP contribution in [0.5, 0.6) is 5.88 Å². The summed E-state index contributed by atoms with van der Waals surface area (Å²) >= 11 is 1.79. The lowest BCUT2D eigenvalue weighted by Gasteiger charge is -2.35. The van der Waals surface area contributed by atoms with Crippen molar-refractivity contribution < 1.29 is 14.3 Å². The zero-order chi connectivity index (χ0) is 19.9. The van der Waals surface area contributed by atoms with Crippen LogP contribution in [0.2, 0.25) is 0 Å². The molecule has 0 saturated heterocycles. The molecule has 2 heterocycles. The van der Waals surface area contributed by atoms with Crippen molar-refractivity contribution in [3.05, 3.63) is 16.8 Å². The van der Waals surface area contributed by atoms with E-state index in [1.165, 1.54) is 16.9 Å². The van der Waals surface area contributed by atoms with Gasteiger partial charge in [0.1, 0.15) is 22.9 Å². The lowest BCUT2D eigenvalue weighted by atomic mass is 9.92. The van der Waals surface area contributed by atoms with Gasteiger partial charge < -0.3 is 14.4 Å². The molecule has 1 amide bonds. The number of aromatic nitrogens is 2. The zero-order valence-electron chi connectivity index (χ0n) is 17.2. The lowest BCUT2D eigenvalue weighted by molar-refractivity contribution is 0.0138. The van der Waals surface area contributed by atoms with E-state index in [0.717, 1.165) is 54.6 Å². The van der Waals surface area contributed by atoms with Gasteiger partial charge in [-0.2, -0.15) is 0 Å². The molecular weight excluding hydrogens is 374 g/mol. The van der Waals surface area contributed by atoms with Crippen LogP contribution in [0, 0.1) is 0 Å². The Bertz CT molecular complexity index is 866. The van der Waals surface area contributed by atoms with E-state index in [4.69, 9.17) is 9.47 Å². The standard InChI is InChI=1S/C21H29N3O3S/c1-21(2,3)27-20(25)24(4)13-8-10-14(11-9-13)26-18-17-15-6-5-7-16(15)28-19(17)23-12-22-18/h12-14H,5-11H2,1-4H3/t13-,14-. The van der Waals surface area contributed by atoms with E-state index < -0.39 is 5.60 Å². The quantitative estimate of drug-likeness (QED) is 0.741. The second kappa shape index (κ2) is 7.50. The maximum absolute atomic E-state index is 12.3. The minimum Gasteiger partial charge on any atom is -0.474 e. The molecule has 2 aliphatic carbocycles. The third-order valence-electron chi connectivity index (χ3n) is 5.62. The van der Waals surface area contributed by atoms with E-state index in [-0.39, 0.29) is 18.2 Å². The molecule has 0 bridgehead atoms. The van der Waals surface area contributed by atoms with Gasteiger partial charge in [-0.1, -0.05) is 0 Å². The Morgan fingerprint density at radius 3 is 2.64 bits per heavy atom. The fourth-order valence-corrected chi connectivity index (χ4v) is 5.40. The van der Waals surface area contributed by atoms with Crippen molar-refractivity contribution in [2.24, 2.45) is 0 Å². The molecule has 0 aliphatic heterocycles. The summed E-state index contributed by atoms with van der Waals surface area (Å²) in [6, 6.07) is 0.200. The van der Waals surface area contributed by atoms with Gasteiger partial charge in [0, 0.05) is 18.0 Å². The number of ether oxygens (including phenoxy) is 2. The molecule has 0 atom stereocenters. The largest absolute Gasteiger partial charge is 0.474 e. The predicted molar refractivity (Wildman–Crippen MR) is 110 cm³/mol. The molecular formula is C21H29N3O3S. The Morgan fingerprint density at radius 1 is 1.18 bits per heavy atom. The Morgan fingerprint density at radius 2 is 1.93 bits per heavy atom. The second-order valence-electron chi connectivity index (χ2n) is 8.86. The summed E-state index contributed by atoms with van der Waals surface area (Å²) in [4.78, 5) is 25.5. The first-order valence-electron chi connectivity index (χ1n) is 10.2. The highest BCUT2D eigenvalue weighted by atomic mass is 32.1. The monoisotopic (exact) mass is 403 g/mol. The van der Waals surface area contributed by atoms with Crippen molar-refractivity contribution in [3.8, 4) is 5.88 Å². The summed E-state index contributed by atoms with van der Waals surface area (Å²) in [6.45, 7) is 5.69. The molecule has 0 aromatic carbocycles. The number of aryl methyl sites for hydroxylation is 2. The van der Waals surface area contributed by atoms with Crippen LogP contribution >= 0.6 is 11.3 Å².